The van der Waals surface area contributed by atoms with Gasteiger partial charge in [-0.3, -0.25) is 0 Å². The number of aliphatic hydroxyl groups is 1. The Morgan fingerprint density at radius 3 is 2.92 bits per heavy atom. The van der Waals surface area contributed by atoms with E-state index in [9.17, 15) is 0 Å². The summed E-state index contributed by atoms with van der Waals surface area (Å²) in [5.41, 5.74) is 1.37. The molecule has 0 fully saturated rings. The third-order valence-corrected chi connectivity index (χ3v) is 3.18. The molecule has 0 atom stereocenters. The summed E-state index contributed by atoms with van der Waals surface area (Å²) < 4.78 is 1.34. The number of rotatable bonds is 3. The lowest BCUT2D eigenvalue weighted by Gasteiger charge is -1.96. The molecule has 0 aliphatic heterocycles. The summed E-state index contributed by atoms with van der Waals surface area (Å²) >= 11 is 1.78. The Bertz CT molecular complexity index is 392. The number of thiophene rings is 1. The van der Waals surface area contributed by atoms with Crippen LogP contribution in [0.3, 0.4) is 0 Å². The second-order valence-electron chi connectivity index (χ2n) is 3.08. The minimum atomic E-state index is 0.282. The van der Waals surface area contributed by atoms with E-state index in [0.717, 1.165) is 12.8 Å². The predicted octanol–water partition coefficient (Wildman–Crippen LogP) is 2.83. The Morgan fingerprint density at radius 1 is 1.23 bits per heavy atom. The Kier molecular flexibility index (Phi) is 2.62. The van der Waals surface area contributed by atoms with E-state index in [1.807, 2.05) is 0 Å². The molecule has 0 bridgehead atoms. The van der Waals surface area contributed by atoms with Crippen molar-refractivity contribution in [2.24, 2.45) is 0 Å². The molecule has 2 rings (SSSR count). The van der Waals surface area contributed by atoms with Gasteiger partial charge in [-0.2, -0.15) is 0 Å². The van der Waals surface area contributed by atoms with Crippen LogP contribution in [0, 0.1) is 0 Å². The lowest BCUT2D eigenvalue weighted by atomic mass is 10.1. The molecule has 0 aliphatic rings. The van der Waals surface area contributed by atoms with Crippen LogP contribution in [-0.2, 0) is 6.42 Å². The van der Waals surface area contributed by atoms with Crippen LogP contribution in [0.4, 0.5) is 0 Å². The third kappa shape index (κ3) is 1.74. The van der Waals surface area contributed by atoms with Crippen LogP contribution in [-0.4, -0.2) is 11.7 Å². The largest absolute Gasteiger partial charge is 0.396 e. The molecule has 13 heavy (non-hydrogen) atoms. The van der Waals surface area contributed by atoms with E-state index in [-0.39, 0.29) is 6.61 Å². The first-order valence-electron chi connectivity index (χ1n) is 4.48. The first-order valence-corrected chi connectivity index (χ1v) is 5.36. The number of aliphatic hydroxyl groups excluding tert-OH is 1. The number of hydrogen-bond donors (Lipinski definition) is 1. The molecule has 1 aromatic heterocycles. The maximum Gasteiger partial charge on any atom is 0.0434 e. The van der Waals surface area contributed by atoms with Crippen molar-refractivity contribution in [2.75, 3.05) is 6.61 Å². The average Bonchev–Trinajstić information content (AvgIpc) is 2.58. The van der Waals surface area contributed by atoms with Crippen molar-refractivity contribution >= 4 is 21.4 Å². The van der Waals surface area contributed by atoms with Gasteiger partial charge in [0.1, 0.15) is 0 Å². The SMILES string of the molecule is OCCCc1csc2ccccc12. The molecule has 0 aliphatic carbocycles. The topological polar surface area (TPSA) is 20.2 Å². The van der Waals surface area contributed by atoms with Gasteiger partial charge in [0.15, 0.2) is 0 Å². The highest BCUT2D eigenvalue weighted by atomic mass is 32.1. The van der Waals surface area contributed by atoms with Crippen LogP contribution in [0.2, 0.25) is 0 Å². The molecule has 1 nitrogen and oxygen atoms in total. The summed E-state index contributed by atoms with van der Waals surface area (Å²) in [6, 6.07) is 8.42. The summed E-state index contributed by atoms with van der Waals surface area (Å²) in [7, 11) is 0. The molecule has 0 saturated heterocycles. The Balaban J connectivity index is 2.35. The molecule has 1 heterocycles. The van der Waals surface area contributed by atoms with Crippen molar-refractivity contribution in [1.82, 2.24) is 0 Å². The van der Waals surface area contributed by atoms with E-state index in [1.165, 1.54) is 15.6 Å². The molecule has 0 saturated carbocycles. The van der Waals surface area contributed by atoms with E-state index in [0.29, 0.717) is 0 Å². The highest BCUT2D eigenvalue weighted by molar-refractivity contribution is 7.17. The Hall–Kier alpha value is -0.860. The molecule has 0 spiro atoms. The van der Waals surface area contributed by atoms with Gasteiger partial charge in [-0.25, -0.2) is 0 Å². The molecule has 1 aromatic carbocycles. The van der Waals surface area contributed by atoms with Gasteiger partial charge >= 0.3 is 0 Å². The molecule has 0 unspecified atom stereocenters. The molecule has 68 valence electrons. The van der Waals surface area contributed by atoms with E-state index in [1.54, 1.807) is 11.3 Å². The summed E-state index contributed by atoms with van der Waals surface area (Å²) in [5, 5.41) is 12.3. The van der Waals surface area contributed by atoms with Gasteiger partial charge in [0, 0.05) is 11.3 Å². The monoisotopic (exact) mass is 192 g/mol. The quantitative estimate of drug-likeness (QED) is 0.792. The third-order valence-electron chi connectivity index (χ3n) is 2.17. The van der Waals surface area contributed by atoms with Crippen molar-refractivity contribution in [2.45, 2.75) is 12.8 Å². The van der Waals surface area contributed by atoms with E-state index in [2.05, 4.69) is 29.6 Å². The van der Waals surface area contributed by atoms with E-state index < -0.39 is 0 Å². The van der Waals surface area contributed by atoms with Crippen molar-refractivity contribution in [3.63, 3.8) is 0 Å². The fourth-order valence-corrected chi connectivity index (χ4v) is 2.49. The number of benzene rings is 1. The molecule has 1 N–H and O–H groups in total. The van der Waals surface area contributed by atoms with E-state index >= 15 is 0 Å². The fourth-order valence-electron chi connectivity index (χ4n) is 1.50. The maximum absolute atomic E-state index is 8.74. The summed E-state index contributed by atoms with van der Waals surface area (Å²) in [5.74, 6) is 0. The number of fused-ring (bicyclic) bond motifs is 1. The van der Waals surface area contributed by atoms with Crippen LogP contribution >= 0.6 is 11.3 Å². The number of hydrogen-bond acceptors (Lipinski definition) is 2. The summed E-state index contributed by atoms with van der Waals surface area (Å²) in [6.07, 6.45) is 1.85. The summed E-state index contributed by atoms with van der Waals surface area (Å²) in [6.45, 7) is 0.282. The zero-order valence-electron chi connectivity index (χ0n) is 7.36. The lowest BCUT2D eigenvalue weighted by Crippen LogP contribution is -1.87. The predicted molar refractivity (Wildman–Crippen MR) is 57.2 cm³/mol. The van der Waals surface area contributed by atoms with E-state index in [4.69, 9.17) is 5.11 Å². The smallest absolute Gasteiger partial charge is 0.0434 e. The van der Waals surface area contributed by atoms with Gasteiger partial charge in [-0.1, -0.05) is 18.2 Å². The van der Waals surface area contributed by atoms with Gasteiger partial charge in [-0.05, 0) is 35.2 Å². The number of aryl methyl sites for hydroxylation is 1. The average molecular weight is 192 g/mol. The summed E-state index contributed by atoms with van der Waals surface area (Å²) in [4.78, 5) is 0. The van der Waals surface area contributed by atoms with Crippen LogP contribution < -0.4 is 0 Å². The highest BCUT2D eigenvalue weighted by Crippen LogP contribution is 2.26. The van der Waals surface area contributed by atoms with Crippen molar-refractivity contribution in [3.05, 3.63) is 35.2 Å². The van der Waals surface area contributed by atoms with Crippen LogP contribution in [0.25, 0.3) is 10.1 Å². The Morgan fingerprint density at radius 2 is 2.08 bits per heavy atom. The lowest BCUT2D eigenvalue weighted by molar-refractivity contribution is 0.289. The van der Waals surface area contributed by atoms with Crippen LogP contribution in [0.5, 0.6) is 0 Å². The minimum absolute atomic E-state index is 0.282. The normalized spacial score (nSPS) is 10.8. The van der Waals surface area contributed by atoms with Gasteiger partial charge < -0.3 is 5.11 Å². The van der Waals surface area contributed by atoms with Crippen molar-refractivity contribution in [1.29, 1.82) is 0 Å². The van der Waals surface area contributed by atoms with Crippen molar-refractivity contribution in [3.8, 4) is 0 Å². The zero-order chi connectivity index (χ0) is 9.10. The fraction of sp³-hybridized carbons (Fsp3) is 0.273. The van der Waals surface area contributed by atoms with Gasteiger partial charge in [-0.15, -0.1) is 11.3 Å². The highest BCUT2D eigenvalue weighted by Gasteiger charge is 2.01. The zero-order valence-corrected chi connectivity index (χ0v) is 8.18. The molecular weight excluding hydrogens is 180 g/mol. The van der Waals surface area contributed by atoms with Crippen LogP contribution in [0.1, 0.15) is 12.0 Å². The maximum atomic E-state index is 8.74. The second-order valence-corrected chi connectivity index (χ2v) is 4.00. The second kappa shape index (κ2) is 3.90. The van der Waals surface area contributed by atoms with Gasteiger partial charge in [0.25, 0.3) is 0 Å². The molecule has 0 amide bonds. The minimum Gasteiger partial charge on any atom is -0.396 e. The molecular formula is C11H12OS. The van der Waals surface area contributed by atoms with Gasteiger partial charge in [0.2, 0.25) is 0 Å². The first kappa shape index (κ1) is 8.73. The van der Waals surface area contributed by atoms with Gasteiger partial charge in [0.05, 0.1) is 0 Å². The van der Waals surface area contributed by atoms with Crippen LogP contribution in [0.15, 0.2) is 29.6 Å². The first-order chi connectivity index (χ1) is 6.42. The molecule has 2 aromatic rings. The standard InChI is InChI=1S/C11H12OS/c12-7-3-4-9-8-13-11-6-2-1-5-10(9)11/h1-2,5-6,8,12H,3-4,7H2. The molecule has 2 heteroatoms. The molecule has 0 radical (unpaired) electrons. The van der Waals surface area contributed by atoms with Crippen molar-refractivity contribution < 1.29 is 5.11 Å². The Labute approximate surface area is 81.6 Å².